The number of carbonyl (C=O) groups is 2. The first-order chi connectivity index (χ1) is 22.4. The molecule has 0 spiro atoms. The minimum absolute atomic E-state index is 0.133. The number of unbranched alkanes of at least 4 members (excludes halogenated alkanes) is 8. The molecule has 0 amide bonds. The first-order valence-corrected chi connectivity index (χ1v) is 18.0. The van der Waals surface area contributed by atoms with E-state index in [1.165, 1.54) is 44.9 Å². The number of rotatable bonds is 30. The average molecular weight is 643 g/mol. The van der Waals surface area contributed by atoms with Crippen molar-refractivity contribution < 1.29 is 29.3 Å². The van der Waals surface area contributed by atoms with E-state index in [0.29, 0.717) is 19.3 Å². The molecule has 2 atom stereocenters. The first-order valence-electron chi connectivity index (χ1n) is 18.0. The molecule has 0 aliphatic rings. The molecule has 0 aromatic carbocycles. The van der Waals surface area contributed by atoms with Crippen LogP contribution in [0.1, 0.15) is 136 Å². The molecule has 0 aliphatic heterocycles. The molecule has 0 fully saturated rings. The Morgan fingerprint density at radius 1 is 0.674 bits per heavy atom. The zero-order chi connectivity index (χ0) is 33.9. The zero-order valence-corrected chi connectivity index (χ0v) is 29.3. The van der Waals surface area contributed by atoms with E-state index in [1.54, 1.807) is 6.08 Å². The van der Waals surface area contributed by atoms with Crippen LogP contribution in [-0.2, 0) is 19.1 Å². The van der Waals surface area contributed by atoms with Crippen LogP contribution in [0.25, 0.3) is 0 Å². The fraction of sp³-hybridized carbons (Fsp3) is 0.650. The molecule has 0 bridgehead atoms. The van der Waals surface area contributed by atoms with Crippen molar-refractivity contribution in [1.82, 2.24) is 0 Å². The van der Waals surface area contributed by atoms with Gasteiger partial charge >= 0.3 is 11.9 Å². The Balaban J connectivity index is 3.87. The summed E-state index contributed by atoms with van der Waals surface area (Å²) in [5, 5.41) is 19.6. The van der Waals surface area contributed by atoms with E-state index in [0.717, 1.165) is 50.9 Å². The number of hydrogen-bond donors (Lipinski definition) is 2. The molecule has 0 rings (SSSR count). The maximum atomic E-state index is 12.1. The van der Waals surface area contributed by atoms with Gasteiger partial charge in [0.15, 0.2) is 6.10 Å². The predicted molar refractivity (Wildman–Crippen MR) is 192 cm³/mol. The van der Waals surface area contributed by atoms with Gasteiger partial charge in [-0.15, -0.1) is 0 Å². The molecule has 0 aliphatic carbocycles. The Kier molecular flexibility index (Phi) is 31.7. The van der Waals surface area contributed by atoms with Gasteiger partial charge in [-0.3, -0.25) is 9.59 Å². The summed E-state index contributed by atoms with van der Waals surface area (Å²) >= 11 is 0. The lowest BCUT2D eigenvalue weighted by molar-refractivity contribution is -0.161. The van der Waals surface area contributed by atoms with Crippen molar-refractivity contribution in [3.63, 3.8) is 0 Å². The van der Waals surface area contributed by atoms with Crippen LogP contribution in [-0.4, -0.2) is 47.6 Å². The van der Waals surface area contributed by atoms with Crippen molar-refractivity contribution in [3.8, 4) is 0 Å². The SMILES string of the molecule is CC/C=C\C/C=C\C/C=C\C/C=C\C=C/C(O)C/C=C\CCC(=O)O[C@@H](CO)COC(=O)CCCCCCCCCCCC(C)C. The maximum Gasteiger partial charge on any atom is 0.306 e. The second kappa shape index (κ2) is 33.7. The molecule has 6 nitrogen and oxygen atoms in total. The molecule has 0 saturated heterocycles. The molecule has 1 unspecified atom stereocenters. The lowest BCUT2D eigenvalue weighted by Gasteiger charge is -2.15. The lowest BCUT2D eigenvalue weighted by atomic mass is 10.0. The van der Waals surface area contributed by atoms with Gasteiger partial charge in [-0.05, 0) is 50.9 Å². The van der Waals surface area contributed by atoms with Gasteiger partial charge in [0.25, 0.3) is 0 Å². The molecule has 0 heterocycles. The summed E-state index contributed by atoms with van der Waals surface area (Å²) in [5.41, 5.74) is 0. The van der Waals surface area contributed by atoms with Gasteiger partial charge in [0.1, 0.15) is 6.61 Å². The zero-order valence-electron chi connectivity index (χ0n) is 29.3. The van der Waals surface area contributed by atoms with Crippen LogP contribution in [0.3, 0.4) is 0 Å². The van der Waals surface area contributed by atoms with E-state index in [2.05, 4.69) is 57.2 Å². The quantitative estimate of drug-likeness (QED) is 0.0351. The Bertz CT molecular complexity index is 895. The van der Waals surface area contributed by atoms with Crippen molar-refractivity contribution in [2.75, 3.05) is 13.2 Å². The minimum atomic E-state index is -0.855. The Labute approximate surface area is 281 Å². The smallest absolute Gasteiger partial charge is 0.306 e. The molecule has 6 heteroatoms. The van der Waals surface area contributed by atoms with E-state index >= 15 is 0 Å². The van der Waals surface area contributed by atoms with Crippen molar-refractivity contribution in [2.45, 2.75) is 149 Å². The van der Waals surface area contributed by atoms with Crippen molar-refractivity contribution in [2.24, 2.45) is 5.92 Å². The van der Waals surface area contributed by atoms with Crippen molar-refractivity contribution in [1.29, 1.82) is 0 Å². The van der Waals surface area contributed by atoms with Crippen LogP contribution in [0.2, 0.25) is 0 Å². The van der Waals surface area contributed by atoms with Gasteiger partial charge in [-0.25, -0.2) is 0 Å². The highest BCUT2D eigenvalue weighted by Gasteiger charge is 2.15. The number of esters is 2. The van der Waals surface area contributed by atoms with E-state index < -0.39 is 24.8 Å². The molecule has 0 saturated carbocycles. The average Bonchev–Trinajstić information content (AvgIpc) is 3.03. The summed E-state index contributed by atoms with van der Waals surface area (Å²) in [6, 6.07) is 0. The number of allylic oxidation sites excluding steroid dienone is 10. The summed E-state index contributed by atoms with van der Waals surface area (Å²) in [5.74, 6) is 0.0230. The van der Waals surface area contributed by atoms with Gasteiger partial charge < -0.3 is 19.7 Å². The summed E-state index contributed by atoms with van der Waals surface area (Å²) in [7, 11) is 0. The highest BCUT2D eigenvalue weighted by molar-refractivity contribution is 5.70. The van der Waals surface area contributed by atoms with Crippen LogP contribution < -0.4 is 0 Å². The maximum absolute atomic E-state index is 12.1. The van der Waals surface area contributed by atoms with Crippen LogP contribution in [0.5, 0.6) is 0 Å². The van der Waals surface area contributed by atoms with Gasteiger partial charge in [-0.1, -0.05) is 151 Å². The third-order valence-electron chi connectivity index (χ3n) is 7.29. The number of aliphatic hydroxyl groups is 2. The van der Waals surface area contributed by atoms with E-state index in [-0.39, 0.29) is 19.0 Å². The molecule has 0 aromatic rings. The van der Waals surface area contributed by atoms with Crippen LogP contribution in [0.4, 0.5) is 0 Å². The summed E-state index contributed by atoms with van der Waals surface area (Å²) in [4.78, 5) is 24.1. The molecule has 0 radical (unpaired) electrons. The monoisotopic (exact) mass is 642 g/mol. The largest absolute Gasteiger partial charge is 0.462 e. The summed E-state index contributed by atoms with van der Waals surface area (Å²) in [6.45, 7) is 6.16. The van der Waals surface area contributed by atoms with E-state index in [4.69, 9.17) is 9.47 Å². The Hall–Kier alpha value is -2.70. The molecule has 0 aromatic heterocycles. The van der Waals surface area contributed by atoms with Crippen molar-refractivity contribution in [3.05, 3.63) is 72.9 Å². The highest BCUT2D eigenvalue weighted by atomic mass is 16.6. The fourth-order valence-electron chi connectivity index (χ4n) is 4.55. The first kappa shape index (κ1) is 43.3. The molecular formula is C40H66O6. The number of hydrogen-bond acceptors (Lipinski definition) is 6. The van der Waals surface area contributed by atoms with Gasteiger partial charge in [0.05, 0.1) is 12.7 Å². The normalized spacial score (nSPS) is 13.9. The van der Waals surface area contributed by atoms with E-state index in [1.807, 2.05) is 30.4 Å². The van der Waals surface area contributed by atoms with Gasteiger partial charge in [-0.2, -0.15) is 0 Å². The standard InChI is InChI=1S/C40H66O6/c1-4-5-6-7-8-9-10-11-12-15-18-21-25-30-37(42)31-26-23-28-33-40(44)46-38(34-41)35-45-39(43)32-27-22-19-16-13-14-17-20-24-29-36(2)3/h5-6,8-9,11-12,18,21,23,25-26,30,36-38,41-42H,4,7,10,13-17,19-20,22,24,27-29,31-35H2,1-3H3/b6-5-,9-8-,12-11-,21-18-,26-23-,30-25-/t37?,38-/m0/s1. The number of ether oxygens (including phenoxy) is 2. The summed E-state index contributed by atoms with van der Waals surface area (Å²) < 4.78 is 10.5. The number of carbonyl (C=O) groups excluding carboxylic acids is 2. The second-order valence-corrected chi connectivity index (χ2v) is 12.2. The van der Waals surface area contributed by atoms with Crippen LogP contribution in [0.15, 0.2) is 72.9 Å². The van der Waals surface area contributed by atoms with Gasteiger partial charge in [0, 0.05) is 12.8 Å². The van der Waals surface area contributed by atoms with E-state index in [9.17, 15) is 19.8 Å². The third kappa shape index (κ3) is 32.7. The Morgan fingerprint density at radius 2 is 1.26 bits per heavy atom. The highest BCUT2D eigenvalue weighted by Crippen LogP contribution is 2.14. The van der Waals surface area contributed by atoms with Gasteiger partial charge in [0.2, 0.25) is 0 Å². The number of aliphatic hydroxyl groups excluding tert-OH is 2. The topological polar surface area (TPSA) is 93.1 Å². The molecular weight excluding hydrogens is 576 g/mol. The van der Waals surface area contributed by atoms with Crippen LogP contribution in [0, 0.1) is 5.92 Å². The minimum Gasteiger partial charge on any atom is -0.462 e. The molecule has 262 valence electrons. The lowest BCUT2D eigenvalue weighted by Crippen LogP contribution is -2.28. The molecule has 2 N–H and O–H groups in total. The fourth-order valence-corrected chi connectivity index (χ4v) is 4.55. The second-order valence-electron chi connectivity index (χ2n) is 12.2. The Morgan fingerprint density at radius 3 is 1.87 bits per heavy atom. The van der Waals surface area contributed by atoms with Crippen molar-refractivity contribution >= 4 is 11.9 Å². The molecule has 46 heavy (non-hydrogen) atoms. The predicted octanol–water partition coefficient (Wildman–Crippen LogP) is 9.83. The summed E-state index contributed by atoms with van der Waals surface area (Å²) in [6.07, 6.45) is 40.0. The van der Waals surface area contributed by atoms with Crippen LogP contribution >= 0.6 is 0 Å². The third-order valence-corrected chi connectivity index (χ3v) is 7.29.